The normalized spacial score (nSPS) is 20.9. The molecule has 2 N–H and O–H groups in total. The van der Waals surface area contributed by atoms with E-state index >= 15 is 0 Å². The van der Waals surface area contributed by atoms with Gasteiger partial charge in [0.2, 0.25) is 11.8 Å². The van der Waals surface area contributed by atoms with Gasteiger partial charge in [-0.3, -0.25) is 14.5 Å². The van der Waals surface area contributed by atoms with Gasteiger partial charge in [-0.05, 0) is 5.92 Å². The van der Waals surface area contributed by atoms with Crippen LogP contribution in [0.1, 0.15) is 19.8 Å². The SMILES string of the molecule is COCC(N)CN1C(=O)CC(C)CC1=O. The number of hydrogen-bond donors (Lipinski definition) is 1. The molecule has 5 heteroatoms. The molecular weight excluding hydrogens is 196 g/mol. The molecule has 2 amide bonds. The lowest BCUT2D eigenvalue weighted by Crippen LogP contribution is -2.49. The van der Waals surface area contributed by atoms with Gasteiger partial charge in [-0.15, -0.1) is 0 Å². The highest BCUT2D eigenvalue weighted by Gasteiger charge is 2.30. The number of methoxy groups -OCH3 is 1. The van der Waals surface area contributed by atoms with Gasteiger partial charge < -0.3 is 10.5 Å². The van der Waals surface area contributed by atoms with Gasteiger partial charge in [-0.1, -0.05) is 6.92 Å². The Morgan fingerprint density at radius 3 is 2.47 bits per heavy atom. The van der Waals surface area contributed by atoms with E-state index in [0.717, 1.165) is 0 Å². The van der Waals surface area contributed by atoms with Crippen LogP contribution in [0.3, 0.4) is 0 Å². The maximum Gasteiger partial charge on any atom is 0.229 e. The summed E-state index contributed by atoms with van der Waals surface area (Å²) in [4.78, 5) is 24.4. The van der Waals surface area contributed by atoms with Gasteiger partial charge in [0, 0.05) is 32.5 Å². The summed E-state index contributed by atoms with van der Waals surface area (Å²) in [5.74, 6) is -0.0875. The zero-order chi connectivity index (χ0) is 11.4. The lowest BCUT2D eigenvalue weighted by atomic mass is 9.97. The molecule has 86 valence electrons. The van der Waals surface area contributed by atoms with Crippen LogP contribution in [0.4, 0.5) is 0 Å². The molecule has 1 saturated heterocycles. The molecule has 0 aliphatic carbocycles. The molecule has 0 aromatic carbocycles. The molecule has 1 atom stereocenters. The molecule has 1 aliphatic heterocycles. The number of carbonyl (C=O) groups is 2. The van der Waals surface area contributed by atoms with Crippen molar-refractivity contribution in [3.63, 3.8) is 0 Å². The van der Waals surface area contributed by atoms with Crippen LogP contribution in [0.2, 0.25) is 0 Å². The number of likely N-dealkylation sites (tertiary alicyclic amines) is 1. The van der Waals surface area contributed by atoms with Gasteiger partial charge in [0.05, 0.1) is 6.61 Å². The van der Waals surface area contributed by atoms with E-state index in [1.54, 1.807) is 7.11 Å². The van der Waals surface area contributed by atoms with E-state index in [1.165, 1.54) is 4.90 Å². The summed E-state index contributed by atoms with van der Waals surface area (Å²) in [5, 5.41) is 0. The topological polar surface area (TPSA) is 72.6 Å². The first-order chi connectivity index (χ1) is 7.04. The molecule has 5 nitrogen and oxygen atoms in total. The zero-order valence-electron chi connectivity index (χ0n) is 9.23. The summed E-state index contributed by atoms with van der Waals surface area (Å²) in [6.07, 6.45) is 0.872. The zero-order valence-corrected chi connectivity index (χ0v) is 9.23. The Hall–Kier alpha value is -0.940. The van der Waals surface area contributed by atoms with Gasteiger partial charge in [0.1, 0.15) is 0 Å². The van der Waals surface area contributed by atoms with Crippen LogP contribution in [0.5, 0.6) is 0 Å². The Morgan fingerprint density at radius 2 is 2.00 bits per heavy atom. The number of nitrogens with two attached hydrogens (primary N) is 1. The van der Waals surface area contributed by atoms with Crippen molar-refractivity contribution in [2.45, 2.75) is 25.8 Å². The fourth-order valence-corrected chi connectivity index (χ4v) is 1.73. The quantitative estimate of drug-likeness (QED) is 0.655. The number of imide groups is 1. The van der Waals surface area contributed by atoms with Crippen LogP contribution in [0.15, 0.2) is 0 Å². The van der Waals surface area contributed by atoms with Crippen molar-refractivity contribution in [1.82, 2.24) is 4.90 Å². The second kappa shape index (κ2) is 5.23. The summed E-state index contributed by atoms with van der Waals surface area (Å²) in [7, 11) is 1.54. The third kappa shape index (κ3) is 3.28. The lowest BCUT2D eigenvalue weighted by molar-refractivity contribution is -0.150. The maximum absolute atomic E-state index is 11.6. The number of piperidine rings is 1. The van der Waals surface area contributed by atoms with Crippen LogP contribution in [-0.4, -0.2) is 43.0 Å². The number of ether oxygens (including phenoxy) is 1. The Balaban J connectivity index is 2.53. The molecule has 1 aliphatic rings. The van der Waals surface area contributed by atoms with Crippen LogP contribution in [0, 0.1) is 5.92 Å². The second-order valence-electron chi connectivity index (χ2n) is 4.13. The monoisotopic (exact) mass is 214 g/mol. The van der Waals surface area contributed by atoms with E-state index in [4.69, 9.17) is 10.5 Å². The van der Waals surface area contributed by atoms with Crippen molar-refractivity contribution in [2.24, 2.45) is 11.7 Å². The van der Waals surface area contributed by atoms with Crippen LogP contribution in [-0.2, 0) is 14.3 Å². The number of rotatable bonds is 4. The van der Waals surface area contributed by atoms with E-state index in [1.807, 2.05) is 6.92 Å². The molecule has 15 heavy (non-hydrogen) atoms. The molecule has 1 rings (SSSR count). The largest absolute Gasteiger partial charge is 0.383 e. The van der Waals surface area contributed by atoms with Crippen LogP contribution in [0.25, 0.3) is 0 Å². The van der Waals surface area contributed by atoms with Crippen molar-refractivity contribution in [1.29, 1.82) is 0 Å². The van der Waals surface area contributed by atoms with Crippen molar-refractivity contribution < 1.29 is 14.3 Å². The summed E-state index contributed by atoms with van der Waals surface area (Å²) in [5.41, 5.74) is 5.70. The minimum Gasteiger partial charge on any atom is -0.383 e. The molecule has 1 fully saturated rings. The first-order valence-corrected chi connectivity index (χ1v) is 5.12. The van der Waals surface area contributed by atoms with Crippen molar-refractivity contribution in [3.05, 3.63) is 0 Å². The van der Waals surface area contributed by atoms with E-state index in [2.05, 4.69) is 0 Å². The Bertz CT molecular complexity index is 237. The summed E-state index contributed by atoms with van der Waals surface area (Å²) in [6, 6.07) is -0.295. The average Bonchev–Trinajstić information content (AvgIpc) is 2.11. The third-order valence-electron chi connectivity index (χ3n) is 2.45. The van der Waals surface area contributed by atoms with Crippen molar-refractivity contribution >= 4 is 11.8 Å². The molecule has 0 aromatic rings. The Morgan fingerprint density at radius 1 is 1.47 bits per heavy atom. The molecule has 1 heterocycles. The van der Waals surface area contributed by atoms with E-state index in [-0.39, 0.29) is 30.3 Å². The third-order valence-corrected chi connectivity index (χ3v) is 2.45. The number of carbonyl (C=O) groups excluding carboxylic acids is 2. The predicted molar refractivity (Wildman–Crippen MR) is 55.0 cm³/mol. The smallest absolute Gasteiger partial charge is 0.229 e. The molecule has 0 saturated carbocycles. The number of amides is 2. The fourth-order valence-electron chi connectivity index (χ4n) is 1.73. The molecule has 1 unspecified atom stereocenters. The van der Waals surface area contributed by atoms with Crippen LogP contribution >= 0.6 is 0 Å². The summed E-state index contributed by atoms with van der Waals surface area (Å²) >= 11 is 0. The van der Waals surface area contributed by atoms with Gasteiger partial charge in [0.25, 0.3) is 0 Å². The standard InChI is InChI=1S/C10H18N2O3/c1-7-3-9(13)12(10(14)4-7)5-8(11)6-15-2/h7-8H,3-6,11H2,1-2H3. The van der Waals surface area contributed by atoms with Gasteiger partial charge >= 0.3 is 0 Å². The molecule has 0 spiro atoms. The van der Waals surface area contributed by atoms with Crippen molar-refractivity contribution in [3.8, 4) is 0 Å². The first kappa shape index (κ1) is 12.1. The highest BCUT2D eigenvalue weighted by molar-refractivity contribution is 5.97. The van der Waals surface area contributed by atoms with E-state index in [9.17, 15) is 9.59 Å². The van der Waals surface area contributed by atoms with Crippen LogP contribution < -0.4 is 5.73 Å². The minimum atomic E-state index is -0.295. The van der Waals surface area contributed by atoms with E-state index < -0.39 is 0 Å². The maximum atomic E-state index is 11.6. The minimum absolute atomic E-state index is 0.120. The molecule has 0 bridgehead atoms. The predicted octanol–water partition coefficient (Wildman–Crippen LogP) is -0.255. The highest BCUT2D eigenvalue weighted by atomic mass is 16.5. The van der Waals surface area contributed by atoms with E-state index in [0.29, 0.717) is 19.4 Å². The van der Waals surface area contributed by atoms with Gasteiger partial charge in [-0.2, -0.15) is 0 Å². The first-order valence-electron chi connectivity index (χ1n) is 5.12. The second-order valence-corrected chi connectivity index (χ2v) is 4.13. The fraction of sp³-hybridized carbons (Fsp3) is 0.800. The molecular formula is C10H18N2O3. The number of hydrogen-bond acceptors (Lipinski definition) is 4. The van der Waals surface area contributed by atoms with Gasteiger partial charge in [0.15, 0.2) is 0 Å². The average molecular weight is 214 g/mol. The summed E-state index contributed by atoms with van der Waals surface area (Å²) < 4.78 is 4.86. The van der Waals surface area contributed by atoms with Crippen molar-refractivity contribution in [2.75, 3.05) is 20.3 Å². The summed E-state index contributed by atoms with van der Waals surface area (Å²) in [6.45, 7) is 2.52. The van der Waals surface area contributed by atoms with Gasteiger partial charge in [-0.25, -0.2) is 0 Å². The lowest BCUT2D eigenvalue weighted by Gasteiger charge is -2.30. The highest BCUT2D eigenvalue weighted by Crippen LogP contribution is 2.18. The molecule has 0 radical (unpaired) electrons. The molecule has 0 aromatic heterocycles. The Kier molecular flexibility index (Phi) is 4.23. The number of nitrogens with zero attached hydrogens (tertiary/aromatic N) is 1. The Labute approximate surface area is 89.6 Å².